The van der Waals surface area contributed by atoms with Crippen molar-refractivity contribution in [2.24, 2.45) is 0 Å². The van der Waals surface area contributed by atoms with Gasteiger partial charge in [0.2, 0.25) is 5.88 Å². The predicted octanol–water partition coefficient (Wildman–Crippen LogP) is 5.94. The van der Waals surface area contributed by atoms with Gasteiger partial charge in [-0.1, -0.05) is 0 Å². The molecule has 0 bridgehead atoms. The third kappa shape index (κ3) is 18.9. The maximum atomic E-state index is 13.1. The van der Waals surface area contributed by atoms with Gasteiger partial charge in [0.25, 0.3) is 0 Å². The van der Waals surface area contributed by atoms with Gasteiger partial charge in [-0.2, -0.15) is 0 Å². The second kappa shape index (κ2) is 22.1. The molecule has 42 heavy (non-hydrogen) atoms. The summed E-state index contributed by atoms with van der Waals surface area (Å²) in [7, 11) is 0. The van der Waals surface area contributed by atoms with Crippen LogP contribution in [0.4, 0.5) is 9.59 Å². The number of pyridine rings is 1. The highest BCUT2D eigenvalue weighted by Crippen LogP contribution is 2.19. The van der Waals surface area contributed by atoms with Gasteiger partial charge in [0, 0.05) is 64.9 Å². The molecule has 0 spiro atoms. The fourth-order valence-electron chi connectivity index (χ4n) is 3.72. The highest BCUT2D eigenvalue weighted by molar-refractivity contribution is 5.72. The van der Waals surface area contributed by atoms with E-state index in [0.29, 0.717) is 78.3 Å². The van der Waals surface area contributed by atoms with Crippen LogP contribution in [0.15, 0.2) is 18.3 Å². The van der Waals surface area contributed by atoms with Crippen molar-refractivity contribution in [3.63, 3.8) is 0 Å². The normalized spacial score (nSPS) is 11.5. The number of carbonyl (C=O) groups is 2. The number of amides is 2. The Kier molecular flexibility index (Phi) is 19.8. The van der Waals surface area contributed by atoms with Crippen molar-refractivity contribution >= 4 is 12.2 Å². The van der Waals surface area contributed by atoms with E-state index in [2.05, 4.69) is 4.98 Å². The molecule has 2 amide bonds. The topological polar surface area (TPSA) is 109 Å². The van der Waals surface area contributed by atoms with Crippen molar-refractivity contribution in [1.29, 1.82) is 0 Å². The summed E-state index contributed by atoms with van der Waals surface area (Å²) in [5.41, 5.74) is 0. The first-order chi connectivity index (χ1) is 20.0. The summed E-state index contributed by atoms with van der Waals surface area (Å²) in [6, 6.07) is 3.00. The highest BCUT2D eigenvalue weighted by Gasteiger charge is 2.19. The van der Waals surface area contributed by atoms with E-state index in [4.69, 9.17) is 28.4 Å². The zero-order valence-corrected chi connectivity index (χ0v) is 27.1. The van der Waals surface area contributed by atoms with Gasteiger partial charge >= 0.3 is 12.2 Å². The molecule has 11 heteroatoms. The van der Waals surface area contributed by atoms with E-state index in [-0.39, 0.29) is 36.0 Å². The van der Waals surface area contributed by atoms with Crippen LogP contribution < -0.4 is 9.47 Å². The molecule has 0 unspecified atom stereocenters. The summed E-state index contributed by atoms with van der Waals surface area (Å²) in [6.45, 7) is 19.9. The third-order valence-corrected chi connectivity index (χ3v) is 5.71. The summed E-state index contributed by atoms with van der Waals surface area (Å²) in [6.07, 6.45) is 3.61. The van der Waals surface area contributed by atoms with Crippen LogP contribution in [0.25, 0.3) is 0 Å². The standard InChI is InChI=1S/C31H55N3O8/c1-24(2)37-19-9-15-33(16-10-20-38-25(3)4)30(35)41-28-13-14-32-29(23-28)42-31(36)34(17-11-21-39-26(5)6)18-12-22-40-27(7)8/h13-14,23-27H,9-12,15-22H2,1-8H3. The maximum absolute atomic E-state index is 13.1. The monoisotopic (exact) mass is 597 g/mol. The minimum Gasteiger partial charge on any atom is -0.410 e. The molecule has 0 saturated heterocycles. The van der Waals surface area contributed by atoms with Gasteiger partial charge in [0.1, 0.15) is 5.75 Å². The average Bonchev–Trinajstić information content (AvgIpc) is 2.90. The molecule has 1 aromatic heterocycles. The van der Waals surface area contributed by atoms with Crippen molar-refractivity contribution in [1.82, 2.24) is 14.8 Å². The molecule has 0 saturated carbocycles. The number of ether oxygens (including phenoxy) is 6. The van der Waals surface area contributed by atoms with Crippen molar-refractivity contribution in [2.45, 2.75) is 105 Å². The fourth-order valence-corrected chi connectivity index (χ4v) is 3.72. The maximum Gasteiger partial charge on any atom is 0.416 e. The lowest BCUT2D eigenvalue weighted by Gasteiger charge is -2.23. The van der Waals surface area contributed by atoms with Crippen LogP contribution >= 0.6 is 0 Å². The van der Waals surface area contributed by atoms with Crippen LogP contribution in [0.5, 0.6) is 11.6 Å². The van der Waals surface area contributed by atoms with Gasteiger partial charge in [-0.3, -0.25) is 0 Å². The van der Waals surface area contributed by atoms with Crippen molar-refractivity contribution in [3.8, 4) is 11.6 Å². The van der Waals surface area contributed by atoms with Crippen molar-refractivity contribution in [3.05, 3.63) is 18.3 Å². The van der Waals surface area contributed by atoms with Crippen LogP contribution in [0.2, 0.25) is 0 Å². The summed E-state index contributed by atoms with van der Waals surface area (Å²) in [5, 5.41) is 0. The van der Waals surface area contributed by atoms with E-state index in [1.54, 1.807) is 15.9 Å². The zero-order chi connectivity index (χ0) is 31.3. The predicted molar refractivity (Wildman–Crippen MR) is 162 cm³/mol. The van der Waals surface area contributed by atoms with E-state index in [1.807, 2.05) is 55.4 Å². The fraction of sp³-hybridized carbons (Fsp3) is 0.774. The molecule has 0 fully saturated rings. The Morgan fingerprint density at radius 3 is 1.33 bits per heavy atom. The summed E-state index contributed by atoms with van der Waals surface area (Å²) < 4.78 is 33.7. The molecule has 0 N–H and O–H groups in total. The second-order valence-electron chi connectivity index (χ2n) is 11.1. The molecule has 0 aliphatic heterocycles. The Morgan fingerprint density at radius 2 is 0.976 bits per heavy atom. The van der Waals surface area contributed by atoms with Crippen molar-refractivity contribution in [2.75, 3.05) is 52.6 Å². The Labute approximate surface area is 253 Å². The van der Waals surface area contributed by atoms with Gasteiger partial charge in [-0.05, 0) is 87.1 Å². The van der Waals surface area contributed by atoms with Crippen LogP contribution in [0, 0.1) is 0 Å². The smallest absolute Gasteiger partial charge is 0.410 e. The van der Waals surface area contributed by atoms with Gasteiger partial charge < -0.3 is 38.2 Å². The average molecular weight is 598 g/mol. The third-order valence-electron chi connectivity index (χ3n) is 5.71. The number of nitrogens with zero attached hydrogens (tertiary/aromatic N) is 3. The van der Waals surface area contributed by atoms with Gasteiger partial charge in [-0.15, -0.1) is 0 Å². The minimum atomic E-state index is -0.531. The van der Waals surface area contributed by atoms with Crippen LogP contribution in [0.1, 0.15) is 81.1 Å². The van der Waals surface area contributed by atoms with Gasteiger partial charge in [-0.25, -0.2) is 14.6 Å². The molecule has 0 radical (unpaired) electrons. The first-order valence-corrected chi connectivity index (χ1v) is 15.3. The molecule has 1 rings (SSSR count). The van der Waals surface area contributed by atoms with Crippen LogP contribution in [-0.2, 0) is 18.9 Å². The Hall–Kier alpha value is -2.47. The highest BCUT2D eigenvalue weighted by atomic mass is 16.6. The molecule has 1 aromatic rings. The molecule has 0 atom stereocenters. The van der Waals surface area contributed by atoms with Gasteiger partial charge in [0.05, 0.1) is 24.4 Å². The lowest BCUT2D eigenvalue weighted by atomic mass is 10.3. The first kappa shape index (κ1) is 37.6. The SMILES string of the molecule is CC(C)OCCCN(CCCOC(C)C)C(=O)Oc1ccnc(OC(=O)N(CCCOC(C)C)CCCOC(C)C)c1. The van der Waals surface area contributed by atoms with E-state index in [9.17, 15) is 9.59 Å². The van der Waals surface area contributed by atoms with E-state index >= 15 is 0 Å². The molecule has 242 valence electrons. The minimum absolute atomic E-state index is 0.0503. The molecule has 1 heterocycles. The number of hydrogen-bond donors (Lipinski definition) is 0. The Morgan fingerprint density at radius 1 is 0.619 bits per heavy atom. The van der Waals surface area contributed by atoms with E-state index in [1.165, 1.54) is 12.3 Å². The lowest BCUT2D eigenvalue weighted by Crippen LogP contribution is -2.37. The van der Waals surface area contributed by atoms with E-state index < -0.39 is 12.2 Å². The Balaban J connectivity index is 2.80. The first-order valence-electron chi connectivity index (χ1n) is 15.3. The van der Waals surface area contributed by atoms with Crippen molar-refractivity contribution < 1.29 is 38.0 Å². The van der Waals surface area contributed by atoms with Gasteiger partial charge in [0.15, 0.2) is 0 Å². The number of carbonyl (C=O) groups excluding carboxylic acids is 2. The quantitative estimate of drug-likeness (QED) is 0.150. The molecule has 0 aromatic carbocycles. The zero-order valence-electron chi connectivity index (χ0n) is 27.1. The number of hydrogen-bond acceptors (Lipinski definition) is 9. The number of rotatable bonds is 22. The molecule has 0 aliphatic rings. The molecular weight excluding hydrogens is 542 g/mol. The largest absolute Gasteiger partial charge is 0.416 e. The summed E-state index contributed by atoms with van der Waals surface area (Å²) in [4.78, 5) is 33.5. The second-order valence-corrected chi connectivity index (χ2v) is 11.1. The molecule has 11 nitrogen and oxygen atoms in total. The summed E-state index contributed by atoms with van der Waals surface area (Å²) >= 11 is 0. The Bertz CT molecular complexity index is 769. The molecular formula is C31H55N3O8. The number of aromatic nitrogens is 1. The van der Waals surface area contributed by atoms with Crippen LogP contribution in [0.3, 0.4) is 0 Å². The molecule has 0 aliphatic carbocycles. The van der Waals surface area contributed by atoms with E-state index in [0.717, 1.165) is 0 Å². The summed E-state index contributed by atoms with van der Waals surface area (Å²) in [5.74, 6) is 0.288. The lowest BCUT2D eigenvalue weighted by molar-refractivity contribution is 0.0617. The van der Waals surface area contributed by atoms with Crippen LogP contribution in [-0.4, -0.2) is 104 Å².